The van der Waals surface area contributed by atoms with Crippen LogP contribution < -0.4 is 0 Å². The molecule has 1 unspecified atom stereocenters. The molecule has 2 aromatic carbocycles. The summed E-state index contributed by atoms with van der Waals surface area (Å²) in [5, 5.41) is 0. The Morgan fingerprint density at radius 3 is 2.00 bits per heavy atom. The van der Waals surface area contributed by atoms with Gasteiger partial charge in [0.1, 0.15) is 0 Å². The van der Waals surface area contributed by atoms with Gasteiger partial charge >= 0.3 is 0 Å². The van der Waals surface area contributed by atoms with Crippen LogP contribution in [0.3, 0.4) is 0 Å². The molecule has 0 heterocycles. The number of hydrogen-bond donors (Lipinski definition) is 0. The molecule has 2 rings (SSSR count). The van der Waals surface area contributed by atoms with Crippen LogP contribution in [-0.2, 0) is 9.84 Å². The fourth-order valence-corrected chi connectivity index (χ4v) is 3.59. The molecular formula is C16H16O3S. The van der Waals surface area contributed by atoms with Gasteiger partial charge in [0.05, 0.1) is 10.6 Å². The lowest BCUT2D eigenvalue weighted by Gasteiger charge is -2.11. The summed E-state index contributed by atoms with van der Waals surface area (Å²) in [5.41, 5.74) is 0.545. The number of benzene rings is 2. The van der Waals surface area contributed by atoms with E-state index in [1.165, 1.54) is 0 Å². The normalized spacial score (nSPS) is 12.8. The Morgan fingerprint density at radius 2 is 1.45 bits per heavy atom. The summed E-state index contributed by atoms with van der Waals surface area (Å²) in [6, 6.07) is 17.0. The molecule has 0 radical (unpaired) electrons. The zero-order valence-electron chi connectivity index (χ0n) is 11.2. The van der Waals surface area contributed by atoms with Crippen LogP contribution in [0.1, 0.15) is 17.3 Å². The SMILES string of the molecule is CC(CS(=O)(=O)c1ccccc1)C(=O)c1ccccc1. The molecular weight excluding hydrogens is 272 g/mol. The molecule has 0 aliphatic heterocycles. The van der Waals surface area contributed by atoms with Crippen LogP contribution in [-0.4, -0.2) is 20.0 Å². The van der Waals surface area contributed by atoms with Crippen LogP contribution in [0.15, 0.2) is 65.6 Å². The molecule has 0 amide bonds. The van der Waals surface area contributed by atoms with Crippen molar-refractivity contribution >= 4 is 15.6 Å². The van der Waals surface area contributed by atoms with Crippen molar-refractivity contribution in [2.45, 2.75) is 11.8 Å². The van der Waals surface area contributed by atoms with Crippen molar-refractivity contribution in [3.63, 3.8) is 0 Å². The molecule has 1 atom stereocenters. The van der Waals surface area contributed by atoms with Gasteiger partial charge in [-0.2, -0.15) is 0 Å². The first-order valence-corrected chi connectivity index (χ1v) is 8.03. The zero-order chi connectivity index (χ0) is 14.6. The van der Waals surface area contributed by atoms with E-state index in [1.54, 1.807) is 61.5 Å². The molecule has 0 bridgehead atoms. The highest BCUT2D eigenvalue weighted by atomic mass is 32.2. The van der Waals surface area contributed by atoms with E-state index in [0.29, 0.717) is 5.56 Å². The van der Waals surface area contributed by atoms with Crippen LogP contribution >= 0.6 is 0 Å². The van der Waals surface area contributed by atoms with Crippen LogP contribution in [0.25, 0.3) is 0 Å². The van der Waals surface area contributed by atoms with E-state index >= 15 is 0 Å². The van der Waals surface area contributed by atoms with Gasteiger partial charge in [-0.05, 0) is 12.1 Å². The second-order valence-corrected chi connectivity index (χ2v) is 6.76. The van der Waals surface area contributed by atoms with E-state index in [1.807, 2.05) is 6.07 Å². The quantitative estimate of drug-likeness (QED) is 0.795. The highest BCUT2D eigenvalue weighted by Gasteiger charge is 2.23. The Hall–Kier alpha value is -1.94. The number of carbonyl (C=O) groups is 1. The van der Waals surface area contributed by atoms with Crippen molar-refractivity contribution in [2.75, 3.05) is 5.75 Å². The predicted octanol–water partition coefficient (Wildman–Crippen LogP) is 2.98. The van der Waals surface area contributed by atoms with Crippen molar-refractivity contribution < 1.29 is 13.2 Å². The summed E-state index contributed by atoms with van der Waals surface area (Å²) >= 11 is 0. The average Bonchev–Trinajstić information content (AvgIpc) is 2.48. The maximum atomic E-state index is 12.2. The molecule has 0 saturated carbocycles. The maximum absolute atomic E-state index is 12.2. The molecule has 0 aliphatic rings. The number of sulfone groups is 1. The molecule has 0 saturated heterocycles. The fraction of sp³-hybridized carbons (Fsp3) is 0.188. The van der Waals surface area contributed by atoms with Crippen LogP contribution in [0.5, 0.6) is 0 Å². The standard InChI is InChI=1S/C16H16O3S/c1-13(16(17)14-8-4-2-5-9-14)12-20(18,19)15-10-6-3-7-11-15/h2-11,13H,12H2,1H3. The van der Waals surface area contributed by atoms with E-state index in [4.69, 9.17) is 0 Å². The minimum atomic E-state index is -3.43. The average molecular weight is 288 g/mol. The van der Waals surface area contributed by atoms with Crippen molar-refractivity contribution in [3.05, 3.63) is 66.2 Å². The molecule has 20 heavy (non-hydrogen) atoms. The summed E-state index contributed by atoms with van der Waals surface area (Å²) in [4.78, 5) is 12.4. The Bertz CT molecular complexity index is 676. The first kappa shape index (κ1) is 14.5. The van der Waals surface area contributed by atoms with Gasteiger partial charge in [-0.3, -0.25) is 4.79 Å². The van der Waals surface area contributed by atoms with E-state index < -0.39 is 15.8 Å². The van der Waals surface area contributed by atoms with Crippen LogP contribution in [0, 0.1) is 5.92 Å². The van der Waals surface area contributed by atoms with Crippen molar-refractivity contribution in [3.8, 4) is 0 Å². The second kappa shape index (κ2) is 6.01. The lowest BCUT2D eigenvalue weighted by molar-refractivity contribution is 0.0940. The molecule has 0 fully saturated rings. The van der Waals surface area contributed by atoms with Gasteiger partial charge in [-0.15, -0.1) is 0 Å². The van der Waals surface area contributed by atoms with Gasteiger partial charge in [0.2, 0.25) is 0 Å². The first-order chi connectivity index (χ1) is 9.50. The Morgan fingerprint density at radius 1 is 0.950 bits per heavy atom. The highest BCUT2D eigenvalue weighted by Crippen LogP contribution is 2.16. The van der Waals surface area contributed by atoms with Gasteiger partial charge in [0, 0.05) is 11.5 Å². The highest BCUT2D eigenvalue weighted by molar-refractivity contribution is 7.91. The second-order valence-electron chi connectivity index (χ2n) is 4.73. The maximum Gasteiger partial charge on any atom is 0.179 e. The molecule has 2 aromatic rings. The third kappa shape index (κ3) is 3.33. The van der Waals surface area contributed by atoms with Gasteiger partial charge < -0.3 is 0 Å². The number of rotatable bonds is 5. The lowest BCUT2D eigenvalue weighted by Crippen LogP contribution is -2.21. The Balaban J connectivity index is 2.16. The molecule has 3 nitrogen and oxygen atoms in total. The zero-order valence-corrected chi connectivity index (χ0v) is 12.0. The monoisotopic (exact) mass is 288 g/mol. The summed E-state index contributed by atoms with van der Waals surface area (Å²) in [5.74, 6) is -0.891. The number of Topliss-reactive ketones (excluding diaryl/α,β-unsaturated/α-hetero) is 1. The third-order valence-corrected chi connectivity index (χ3v) is 5.01. The van der Waals surface area contributed by atoms with Gasteiger partial charge in [0.15, 0.2) is 15.6 Å². The van der Waals surface area contributed by atoms with Crippen LogP contribution in [0.4, 0.5) is 0 Å². The number of ketones is 1. The first-order valence-electron chi connectivity index (χ1n) is 6.38. The topological polar surface area (TPSA) is 51.2 Å². The summed E-state index contributed by atoms with van der Waals surface area (Å²) in [6.07, 6.45) is 0. The van der Waals surface area contributed by atoms with E-state index in [-0.39, 0.29) is 16.4 Å². The fourth-order valence-electron chi connectivity index (χ4n) is 2.02. The lowest BCUT2D eigenvalue weighted by atomic mass is 10.0. The Kier molecular flexibility index (Phi) is 4.35. The molecule has 0 aromatic heterocycles. The van der Waals surface area contributed by atoms with E-state index in [9.17, 15) is 13.2 Å². The van der Waals surface area contributed by atoms with Gasteiger partial charge in [-0.1, -0.05) is 55.5 Å². The molecule has 0 N–H and O–H groups in total. The van der Waals surface area contributed by atoms with Crippen molar-refractivity contribution in [1.82, 2.24) is 0 Å². The number of carbonyl (C=O) groups excluding carboxylic acids is 1. The number of hydrogen-bond acceptors (Lipinski definition) is 3. The summed E-state index contributed by atoms with van der Waals surface area (Å²) in [6.45, 7) is 1.65. The predicted molar refractivity (Wildman–Crippen MR) is 78.4 cm³/mol. The summed E-state index contributed by atoms with van der Waals surface area (Å²) in [7, 11) is -3.43. The van der Waals surface area contributed by atoms with Gasteiger partial charge in [-0.25, -0.2) is 8.42 Å². The molecule has 0 spiro atoms. The minimum Gasteiger partial charge on any atom is -0.294 e. The van der Waals surface area contributed by atoms with Crippen molar-refractivity contribution in [1.29, 1.82) is 0 Å². The minimum absolute atomic E-state index is 0.148. The van der Waals surface area contributed by atoms with Crippen molar-refractivity contribution in [2.24, 2.45) is 5.92 Å². The van der Waals surface area contributed by atoms with Crippen LogP contribution in [0.2, 0.25) is 0 Å². The Labute approximate surface area is 119 Å². The molecule has 0 aliphatic carbocycles. The molecule has 104 valence electrons. The smallest absolute Gasteiger partial charge is 0.179 e. The summed E-state index contributed by atoms with van der Waals surface area (Å²) < 4.78 is 24.5. The molecule has 4 heteroatoms. The third-order valence-electron chi connectivity index (χ3n) is 3.08. The van der Waals surface area contributed by atoms with E-state index in [0.717, 1.165) is 0 Å². The van der Waals surface area contributed by atoms with E-state index in [2.05, 4.69) is 0 Å². The largest absolute Gasteiger partial charge is 0.294 e. The van der Waals surface area contributed by atoms with Gasteiger partial charge in [0.25, 0.3) is 0 Å².